The van der Waals surface area contributed by atoms with Gasteiger partial charge >= 0.3 is 0 Å². The molecule has 1 unspecified atom stereocenters. The first-order valence-corrected chi connectivity index (χ1v) is 11.8. The smallest absolute Gasteiger partial charge is 0.269 e. The molecule has 0 bridgehead atoms. The van der Waals surface area contributed by atoms with Crippen molar-refractivity contribution in [2.45, 2.75) is 31.7 Å². The normalized spacial score (nSPS) is 16.0. The van der Waals surface area contributed by atoms with Gasteiger partial charge < -0.3 is 0 Å². The summed E-state index contributed by atoms with van der Waals surface area (Å²) in [6.45, 7) is 5.04. The summed E-state index contributed by atoms with van der Waals surface area (Å²) in [5, 5.41) is 12.8. The van der Waals surface area contributed by atoms with Crippen molar-refractivity contribution in [1.82, 2.24) is 20.0 Å². The van der Waals surface area contributed by atoms with Gasteiger partial charge in [-0.15, -0.1) is 0 Å². The third kappa shape index (κ3) is 5.24. The van der Waals surface area contributed by atoms with Crippen LogP contribution in [0.2, 0.25) is 0 Å². The number of aromatic nitrogens is 3. The second-order valence-electron chi connectivity index (χ2n) is 7.62. The van der Waals surface area contributed by atoms with Crippen LogP contribution in [0.3, 0.4) is 0 Å². The van der Waals surface area contributed by atoms with E-state index in [2.05, 4.69) is 35.0 Å². The van der Waals surface area contributed by atoms with Gasteiger partial charge in [-0.3, -0.25) is 14.6 Å². The number of nitrogens with one attached hydrogen (secondary N) is 1. The summed E-state index contributed by atoms with van der Waals surface area (Å²) < 4.78 is 27.7. The number of hydrazone groups is 1. The molecule has 178 valence electrons. The Hall–Kier alpha value is -4.39. The summed E-state index contributed by atoms with van der Waals surface area (Å²) in [4.78, 5) is 37.2. The van der Waals surface area contributed by atoms with Crippen molar-refractivity contribution in [2.24, 2.45) is 15.3 Å². The molecule has 1 aliphatic heterocycles. The number of anilines is 1. The highest BCUT2D eigenvalue weighted by Crippen LogP contribution is 2.22. The minimum absolute atomic E-state index is 0.0216. The Morgan fingerprint density at radius 2 is 1.63 bits per heavy atom. The van der Waals surface area contributed by atoms with Gasteiger partial charge in [-0.2, -0.15) is 20.3 Å². The third-order valence-electron chi connectivity index (χ3n) is 4.86. The lowest BCUT2D eigenvalue weighted by Gasteiger charge is -2.10. The van der Waals surface area contributed by atoms with E-state index in [1.54, 1.807) is 26.8 Å². The number of nitrogens with zero attached hydrogens (tertiary/aromatic N) is 7. The lowest BCUT2D eigenvalue weighted by molar-refractivity contribution is -0.127. The monoisotopic (exact) mass is 492 g/mol. The zero-order valence-corrected chi connectivity index (χ0v) is 19.8. The second-order valence-corrected chi connectivity index (χ2v) is 9.31. The molecule has 1 atom stereocenters. The van der Waals surface area contributed by atoms with E-state index < -0.39 is 27.9 Å². The molecule has 1 aromatic carbocycles. The van der Waals surface area contributed by atoms with E-state index in [0.29, 0.717) is 22.8 Å². The molecule has 0 saturated heterocycles. The average Bonchev–Trinajstić information content (AvgIpc) is 3.10. The molecule has 1 aliphatic rings. The Morgan fingerprint density at radius 1 is 1.00 bits per heavy atom. The lowest BCUT2D eigenvalue weighted by Crippen LogP contribution is -2.34. The molecule has 3 aromatic rings. The van der Waals surface area contributed by atoms with Crippen molar-refractivity contribution in [3.63, 3.8) is 0 Å². The number of amides is 2. The lowest BCUT2D eigenvalue weighted by atomic mass is 10.2. The zero-order valence-electron chi connectivity index (χ0n) is 18.9. The zero-order chi connectivity index (χ0) is 25.2. The molecule has 2 aromatic heterocycles. The molecule has 4 rings (SSSR count). The fraction of sp³-hybridized carbons (Fsp3) is 0.182. The van der Waals surface area contributed by atoms with Gasteiger partial charge in [0.25, 0.3) is 21.8 Å². The highest BCUT2D eigenvalue weighted by atomic mass is 32.2. The number of hydrogen-bond acceptors (Lipinski definition) is 10. The van der Waals surface area contributed by atoms with Crippen LogP contribution >= 0.6 is 0 Å². The van der Waals surface area contributed by atoms with Crippen LogP contribution in [-0.2, 0) is 14.8 Å². The molecule has 0 saturated carbocycles. The van der Waals surface area contributed by atoms with Crippen LogP contribution in [0.1, 0.15) is 28.7 Å². The number of carbonyl (C=O) groups is 2. The molecular weight excluding hydrogens is 472 g/mol. The number of imide groups is 1. The Labute approximate surface area is 200 Å². The van der Waals surface area contributed by atoms with E-state index in [1.807, 2.05) is 0 Å². The number of azo groups is 1. The molecule has 0 aliphatic carbocycles. The van der Waals surface area contributed by atoms with Gasteiger partial charge in [0.2, 0.25) is 5.95 Å². The van der Waals surface area contributed by atoms with E-state index in [-0.39, 0.29) is 16.4 Å². The molecule has 0 radical (unpaired) electrons. The first-order valence-electron chi connectivity index (χ1n) is 10.3. The Kier molecular flexibility index (Phi) is 6.42. The van der Waals surface area contributed by atoms with Crippen LogP contribution in [0.5, 0.6) is 0 Å². The Bertz CT molecular complexity index is 1430. The topological polar surface area (TPSA) is 159 Å². The number of sulfonamides is 1. The van der Waals surface area contributed by atoms with Crippen LogP contribution in [0.4, 0.5) is 11.6 Å². The predicted octanol–water partition coefficient (Wildman–Crippen LogP) is 2.80. The first-order chi connectivity index (χ1) is 16.6. The molecule has 35 heavy (non-hydrogen) atoms. The highest BCUT2D eigenvalue weighted by Gasteiger charge is 2.38. The van der Waals surface area contributed by atoms with Gasteiger partial charge in [0, 0.05) is 29.3 Å². The summed E-state index contributed by atoms with van der Waals surface area (Å²) in [5.74, 6) is -1.25. The number of benzene rings is 1. The van der Waals surface area contributed by atoms with Crippen LogP contribution in [0.25, 0.3) is 0 Å². The van der Waals surface area contributed by atoms with E-state index >= 15 is 0 Å². The van der Waals surface area contributed by atoms with Gasteiger partial charge in [-0.05, 0) is 63.2 Å². The minimum Gasteiger partial charge on any atom is -0.269 e. The van der Waals surface area contributed by atoms with E-state index in [9.17, 15) is 18.0 Å². The number of pyridine rings is 1. The molecule has 12 nitrogen and oxygen atoms in total. The summed E-state index contributed by atoms with van der Waals surface area (Å²) in [5.41, 5.74) is 2.14. The second kappa shape index (κ2) is 9.46. The average molecular weight is 493 g/mol. The maximum atomic E-state index is 12.7. The van der Waals surface area contributed by atoms with Gasteiger partial charge in [0.05, 0.1) is 16.3 Å². The molecule has 13 heteroatoms. The maximum Gasteiger partial charge on any atom is 0.282 e. The molecule has 3 heterocycles. The molecule has 0 fully saturated rings. The van der Waals surface area contributed by atoms with Gasteiger partial charge in [-0.25, -0.2) is 23.1 Å². The summed E-state index contributed by atoms with van der Waals surface area (Å²) >= 11 is 0. The maximum absolute atomic E-state index is 12.7. The third-order valence-corrected chi connectivity index (χ3v) is 6.20. The fourth-order valence-electron chi connectivity index (χ4n) is 3.22. The van der Waals surface area contributed by atoms with Crippen molar-refractivity contribution in [3.05, 3.63) is 71.8 Å². The largest absolute Gasteiger partial charge is 0.282 e. The van der Waals surface area contributed by atoms with E-state index in [4.69, 9.17) is 0 Å². The highest BCUT2D eigenvalue weighted by molar-refractivity contribution is 7.92. The molecular formula is C22H20N8O4S. The van der Waals surface area contributed by atoms with Crippen LogP contribution < -0.4 is 4.72 Å². The van der Waals surface area contributed by atoms with Crippen molar-refractivity contribution >= 4 is 39.2 Å². The standard InChI is InChI=1S/C22H20N8O4S/c1-13-12-14(2)25-22(24-13)29-35(33,34)18-6-4-17(5-7-18)26-27-19-15(3)28-30(21(19)32)20(31)16-8-10-23-11-9-16/h4-12,19H,1-3H3,(H,24,25,29). The Balaban J connectivity index is 1.46. The van der Waals surface area contributed by atoms with Crippen LogP contribution in [0.15, 0.2) is 75.1 Å². The predicted molar refractivity (Wildman–Crippen MR) is 126 cm³/mol. The molecule has 2 amide bonds. The van der Waals surface area contributed by atoms with Crippen molar-refractivity contribution in [3.8, 4) is 0 Å². The van der Waals surface area contributed by atoms with Crippen molar-refractivity contribution < 1.29 is 18.0 Å². The number of hydrogen-bond donors (Lipinski definition) is 1. The van der Waals surface area contributed by atoms with Crippen molar-refractivity contribution in [1.29, 1.82) is 0 Å². The quantitative estimate of drug-likeness (QED) is 0.409. The fourth-order valence-corrected chi connectivity index (χ4v) is 4.16. The van der Waals surface area contributed by atoms with Gasteiger partial charge in [0.15, 0.2) is 6.04 Å². The summed E-state index contributed by atoms with van der Waals surface area (Å²) in [6, 6.07) is 9.18. The first kappa shape index (κ1) is 23.8. The van der Waals surface area contributed by atoms with Crippen LogP contribution in [-0.4, -0.2) is 51.9 Å². The molecule has 1 N–H and O–H groups in total. The van der Waals surface area contributed by atoms with Gasteiger partial charge in [0.1, 0.15) is 0 Å². The van der Waals surface area contributed by atoms with Crippen molar-refractivity contribution in [2.75, 3.05) is 4.72 Å². The number of aryl methyl sites for hydroxylation is 2. The summed E-state index contributed by atoms with van der Waals surface area (Å²) in [6.07, 6.45) is 2.88. The number of rotatable bonds is 6. The van der Waals surface area contributed by atoms with Gasteiger partial charge in [-0.1, -0.05) is 0 Å². The Morgan fingerprint density at radius 3 is 2.26 bits per heavy atom. The SMILES string of the molecule is CC1=NN(C(=O)c2ccncc2)C(=O)C1N=Nc1ccc(S(=O)(=O)Nc2nc(C)cc(C)n2)cc1. The minimum atomic E-state index is -3.92. The summed E-state index contributed by atoms with van der Waals surface area (Å²) in [7, 11) is -3.92. The van der Waals surface area contributed by atoms with E-state index in [1.165, 1.54) is 48.8 Å². The van der Waals surface area contributed by atoms with Crippen LogP contribution in [0, 0.1) is 13.8 Å². The van der Waals surface area contributed by atoms with E-state index in [0.717, 1.165) is 5.01 Å². The molecule has 0 spiro atoms. The number of carbonyl (C=O) groups excluding carboxylic acids is 2.